The van der Waals surface area contributed by atoms with Gasteiger partial charge in [-0.2, -0.15) is 0 Å². The van der Waals surface area contributed by atoms with Crippen molar-refractivity contribution in [2.75, 3.05) is 7.05 Å². The number of benzene rings is 1. The van der Waals surface area contributed by atoms with Crippen LogP contribution in [-0.4, -0.2) is 11.9 Å². The third kappa shape index (κ3) is 3.08. The summed E-state index contributed by atoms with van der Waals surface area (Å²) in [6.45, 7) is 5.02. The Labute approximate surface area is 119 Å². The van der Waals surface area contributed by atoms with Crippen molar-refractivity contribution in [3.63, 3.8) is 0 Å². The summed E-state index contributed by atoms with van der Waals surface area (Å²) in [6.07, 6.45) is 0. The summed E-state index contributed by atoms with van der Waals surface area (Å²) in [5.74, 6) is 1.49. The van der Waals surface area contributed by atoms with Crippen molar-refractivity contribution >= 4 is 0 Å². The highest BCUT2D eigenvalue weighted by Gasteiger charge is 2.17. The Balaban J connectivity index is 2.13. The Morgan fingerprint density at radius 2 is 2.05 bits per heavy atom. The molecule has 0 bridgehead atoms. The maximum absolute atomic E-state index is 13.8. The SMILES string of the molecule is Cc1oc(CN)cc1CN(C)C(C)c1ccccc1F. The van der Waals surface area contributed by atoms with Gasteiger partial charge in [0.2, 0.25) is 0 Å². The highest BCUT2D eigenvalue weighted by molar-refractivity contribution is 5.23. The fourth-order valence-electron chi connectivity index (χ4n) is 2.30. The van der Waals surface area contributed by atoms with E-state index in [0.717, 1.165) is 17.1 Å². The van der Waals surface area contributed by atoms with Gasteiger partial charge in [0.05, 0.1) is 6.54 Å². The zero-order valence-corrected chi connectivity index (χ0v) is 12.2. The van der Waals surface area contributed by atoms with E-state index in [-0.39, 0.29) is 11.9 Å². The van der Waals surface area contributed by atoms with Gasteiger partial charge < -0.3 is 10.2 Å². The molecule has 1 unspecified atom stereocenters. The molecule has 0 aliphatic heterocycles. The summed E-state index contributed by atoms with van der Waals surface area (Å²) in [5.41, 5.74) is 7.37. The van der Waals surface area contributed by atoms with Crippen LogP contribution in [0, 0.1) is 12.7 Å². The first kappa shape index (κ1) is 14.8. The molecule has 2 N–H and O–H groups in total. The lowest BCUT2D eigenvalue weighted by molar-refractivity contribution is 0.246. The molecule has 1 aromatic carbocycles. The molecule has 1 aromatic heterocycles. The molecule has 0 saturated heterocycles. The topological polar surface area (TPSA) is 42.4 Å². The van der Waals surface area contributed by atoms with Gasteiger partial charge in [-0.05, 0) is 33.0 Å². The largest absolute Gasteiger partial charge is 0.465 e. The molecule has 20 heavy (non-hydrogen) atoms. The number of nitrogens with zero attached hydrogens (tertiary/aromatic N) is 1. The lowest BCUT2D eigenvalue weighted by Crippen LogP contribution is -2.22. The van der Waals surface area contributed by atoms with E-state index in [1.807, 2.05) is 39.1 Å². The third-order valence-electron chi connectivity index (χ3n) is 3.71. The van der Waals surface area contributed by atoms with E-state index in [9.17, 15) is 4.39 Å². The van der Waals surface area contributed by atoms with Gasteiger partial charge in [-0.1, -0.05) is 18.2 Å². The molecule has 0 spiro atoms. The molecule has 108 valence electrons. The predicted octanol–water partition coefficient (Wildman–Crippen LogP) is 3.38. The van der Waals surface area contributed by atoms with Gasteiger partial charge in [-0.3, -0.25) is 4.90 Å². The van der Waals surface area contributed by atoms with Gasteiger partial charge in [-0.15, -0.1) is 0 Å². The first-order chi connectivity index (χ1) is 9.52. The molecule has 0 aliphatic carbocycles. The van der Waals surface area contributed by atoms with Crippen LogP contribution in [0.2, 0.25) is 0 Å². The Hall–Kier alpha value is -1.65. The number of rotatable bonds is 5. The van der Waals surface area contributed by atoms with E-state index in [0.29, 0.717) is 18.7 Å². The summed E-state index contributed by atoms with van der Waals surface area (Å²) < 4.78 is 19.4. The van der Waals surface area contributed by atoms with E-state index in [2.05, 4.69) is 4.90 Å². The maximum Gasteiger partial charge on any atom is 0.127 e. The molecule has 4 heteroatoms. The molecule has 0 aliphatic rings. The molecule has 1 heterocycles. The molecule has 1 atom stereocenters. The van der Waals surface area contributed by atoms with Crippen LogP contribution >= 0.6 is 0 Å². The molecular weight excluding hydrogens is 255 g/mol. The van der Waals surface area contributed by atoms with Crippen LogP contribution in [-0.2, 0) is 13.1 Å². The monoisotopic (exact) mass is 276 g/mol. The van der Waals surface area contributed by atoms with Gasteiger partial charge in [0.25, 0.3) is 0 Å². The van der Waals surface area contributed by atoms with Crippen molar-refractivity contribution in [3.8, 4) is 0 Å². The van der Waals surface area contributed by atoms with Gasteiger partial charge >= 0.3 is 0 Å². The van der Waals surface area contributed by atoms with Crippen molar-refractivity contribution < 1.29 is 8.81 Å². The van der Waals surface area contributed by atoms with E-state index in [1.54, 1.807) is 6.07 Å². The molecule has 3 nitrogen and oxygen atoms in total. The molecule has 2 rings (SSSR count). The smallest absolute Gasteiger partial charge is 0.127 e. The summed E-state index contributed by atoms with van der Waals surface area (Å²) in [6, 6.07) is 8.85. The zero-order valence-electron chi connectivity index (χ0n) is 12.2. The van der Waals surface area contributed by atoms with E-state index in [1.165, 1.54) is 6.07 Å². The number of halogens is 1. The molecule has 0 amide bonds. The standard InChI is InChI=1S/C16H21FN2O/c1-11(15-6-4-5-7-16(15)17)19(3)10-13-8-14(9-18)20-12(13)2/h4-8,11H,9-10,18H2,1-3H3. The number of furan rings is 1. The lowest BCUT2D eigenvalue weighted by atomic mass is 10.1. The van der Waals surface area contributed by atoms with Crippen molar-refractivity contribution in [2.24, 2.45) is 5.73 Å². The molecule has 0 radical (unpaired) electrons. The third-order valence-corrected chi connectivity index (χ3v) is 3.71. The second-order valence-corrected chi connectivity index (χ2v) is 5.11. The highest BCUT2D eigenvalue weighted by Crippen LogP contribution is 2.24. The average Bonchev–Trinajstić information content (AvgIpc) is 2.79. The minimum Gasteiger partial charge on any atom is -0.465 e. The second-order valence-electron chi connectivity index (χ2n) is 5.11. The summed E-state index contributed by atoms with van der Waals surface area (Å²) in [7, 11) is 1.98. The van der Waals surface area contributed by atoms with Crippen LogP contribution < -0.4 is 5.73 Å². The van der Waals surface area contributed by atoms with Crippen molar-refractivity contribution in [2.45, 2.75) is 33.0 Å². The number of hydrogen-bond donors (Lipinski definition) is 1. The van der Waals surface area contributed by atoms with Gasteiger partial charge in [0.1, 0.15) is 17.3 Å². The van der Waals surface area contributed by atoms with Crippen molar-refractivity contribution in [1.29, 1.82) is 0 Å². The van der Waals surface area contributed by atoms with Crippen LogP contribution in [0.3, 0.4) is 0 Å². The van der Waals surface area contributed by atoms with Crippen LogP contribution in [0.4, 0.5) is 4.39 Å². The first-order valence-electron chi connectivity index (χ1n) is 6.75. The van der Waals surface area contributed by atoms with Crippen LogP contribution in [0.25, 0.3) is 0 Å². The van der Waals surface area contributed by atoms with Crippen molar-refractivity contribution in [3.05, 3.63) is 58.8 Å². The Morgan fingerprint density at radius 1 is 1.35 bits per heavy atom. The Bertz CT molecular complexity index is 580. The molecular formula is C16H21FN2O. The van der Waals surface area contributed by atoms with Gasteiger partial charge in [0.15, 0.2) is 0 Å². The normalized spacial score (nSPS) is 12.9. The molecule has 0 fully saturated rings. The highest BCUT2D eigenvalue weighted by atomic mass is 19.1. The van der Waals surface area contributed by atoms with Gasteiger partial charge in [0, 0.05) is 23.7 Å². The molecule has 0 saturated carbocycles. The zero-order chi connectivity index (χ0) is 14.7. The summed E-state index contributed by atoms with van der Waals surface area (Å²) >= 11 is 0. The fraction of sp³-hybridized carbons (Fsp3) is 0.375. The van der Waals surface area contributed by atoms with Crippen molar-refractivity contribution in [1.82, 2.24) is 4.90 Å². The Kier molecular flexibility index (Phi) is 4.57. The summed E-state index contributed by atoms with van der Waals surface area (Å²) in [5, 5.41) is 0. The second kappa shape index (κ2) is 6.20. The van der Waals surface area contributed by atoms with Crippen LogP contribution in [0.15, 0.2) is 34.7 Å². The lowest BCUT2D eigenvalue weighted by Gasteiger charge is -2.25. The van der Waals surface area contributed by atoms with Crippen LogP contribution in [0.1, 0.15) is 35.6 Å². The summed E-state index contributed by atoms with van der Waals surface area (Å²) in [4.78, 5) is 2.09. The van der Waals surface area contributed by atoms with E-state index in [4.69, 9.17) is 10.2 Å². The number of nitrogens with two attached hydrogens (primary N) is 1. The number of hydrogen-bond acceptors (Lipinski definition) is 3. The maximum atomic E-state index is 13.8. The Morgan fingerprint density at radius 3 is 2.65 bits per heavy atom. The fourth-order valence-corrected chi connectivity index (χ4v) is 2.30. The van der Waals surface area contributed by atoms with Gasteiger partial charge in [-0.25, -0.2) is 4.39 Å². The average molecular weight is 276 g/mol. The minimum atomic E-state index is -0.168. The quantitative estimate of drug-likeness (QED) is 0.910. The van der Waals surface area contributed by atoms with Crippen LogP contribution in [0.5, 0.6) is 0 Å². The molecule has 2 aromatic rings. The first-order valence-corrected chi connectivity index (χ1v) is 6.75. The predicted molar refractivity (Wildman–Crippen MR) is 77.6 cm³/mol. The number of aryl methyl sites for hydroxylation is 1. The van der Waals surface area contributed by atoms with E-state index < -0.39 is 0 Å². The minimum absolute atomic E-state index is 0.00757. The van der Waals surface area contributed by atoms with E-state index >= 15 is 0 Å².